The SMILES string of the molecule is CCNC(C)CC(=O)N(Cc1ccccc1)C(C)CC. The minimum Gasteiger partial charge on any atom is -0.336 e. The average molecular weight is 276 g/mol. The van der Waals surface area contributed by atoms with Gasteiger partial charge in [0.25, 0.3) is 0 Å². The summed E-state index contributed by atoms with van der Waals surface area (Å²) in [4.78, 5) is 14.5. The Morgan fingerprint density at radius 3 is 2.40 bits per heavy atom. The zero-order chi connectivity index (χ0) is 15.0. The maximum atomic E-state index is 12.5. The molecule has 1 rings (SSSR count). The van der Waals surface area contributed by atoms with Crippen molar-refractivity contribution in [2.75, 3.05) is 6.54 Å². The molecule has 1 aromatic rings. The van der Waals surface area contributed by atoms with Crippen molar-refractivity contribution in [3.8, 4) is 0 Å². The molecule has 1 N–H and O–H groups in total. The first kappa shape index (κ1) is 16.7. The highest BCUT2D eigenvalue weighted by Gasteiger charge is 2.20. The smallest absolute Gasteiger partial charge is 0.224 e. The summed E-state index contributed by atoms with van der Waals surface area (Å²) in [6, 6.07) is 10.7. The lowest BCUT2D eigenvalue weighted by Crippen LogP contribution is -2.41. The third kappa shape index (κ3) is 5.33. The summed E-state index contributed by atoms with van der Waals surface area (Å²) >= 11 is 0. The normalized spacial score (nSPS) is 13.8. The van der Waals surface area contributed by atoms with Gasteiger partial charge in [0.2, 0.25) is 5.91 Å². The number of amides is 1. The summed E-state index contributed by atoms with van der Waals surface area (Å²) in [7, 11) is 0. The Morgan fingerprint density at radius 1 is 1.20 bits per heavy atom. The molecule has 3 nitrogen and oxygen atoms in total. The van der Waals surface area contributed by atoms with Crippen molar-refractivity contribution in [3.63, 3.8) is 0 Å². The third-order valence-corrected chi connectivity index (χ3v) is 3.67. The number of hydrogen-bond donors (Lipinski definition) is 1. The molecule has 1 amide bonds. The van der Waals surface area contributed by atoms with E-state index in [-0.39, 0.29) is 18.0 Å². The summed E-state index contributed by atoms with van der Waals surface area (Å²) in [5, 5.41) is 3.30. The van der Waals surface area contributed by atoms with Crippen molar-refractivity contribution in [1.29, 1.82) is 0 Å². The van der Waals surface area contributed by atoms with Crippen LogP contribution in [-0.2, 0) is 11.3 Å². The monoisotopic (exact) mass is 276 g/mol. The lowest BCUT2D eigenvalue weighted by Gasteiger charge is -2.30. The fraction of sp³-hybridized carbons (Fsp3) is 0.588. The molecule has 0 saturated heterocycles. The molecule has 2 unspecified atom stereocenters. The van der Waals surface area contributed by atoms with Crippen molar-refractivity contribution in [3.05, 3.63) is 35.9 Å². The van der Waals surface area contributed by atoms with Crippen LogP contribution in [0.25, 0.3) is 0 Å². The van der Waals surface area contributed by atoms with Crippen LogP contribution in [0.3, 0.4) is 0 Å². The molecule has 2 atom stereocenters. The third-order valence-electron chi connectivity index (χ3n) is 3.67. The van der Waals surface area contributed by atoms with Gasteiger partial charge in [0.1, 0.15) is 0 Å². The standard InChI is InChI=1S/C17H28N2O/c1-5-15(4)19(13-16-10-8-7-9-11-16)17(20)12-14(3)18-6-2/h7-11,14-15,18H,5-6,12-13H2,1-4H3. The fourth-order valence-corrected chi connectivity index (χ4v) is 2.29. The minimum absolute atomic E-state index is 0.231. The number of nitrogens with one attached hydrogen (secondary N) is 1. The van der Waals surface area contributed by atoms with Crippen LogP contribution in [0, 0.1) is 0 Å². The van der Waals surface area contributed by atoms with Crippen molar-refractivity contribution in [2.24, 2.45) is 0 Å². The second kappa shape index (κ2) is 8.75. The number of carbonyl (C=O) groups excluding carboxylic acids is 1. The van der Waals surface area contributed by atoms with Gasteiger partial charge in [0, 0.05) is 25.0 Å². The highest BCUT2D eigenvalue weighted by Crippen LogP contribution is 2.13. The van der Waals surface area contributed by atoms with E-state index in [1.165, 1.54) is 5.56 Å². The van der Waals surface area contributed by atoms with Crippen LogP contribution in [0.2, 0.25) is 0 Å². The predicted octanol–water partition coefficient (Wildman–Crippen LogP) is 3.20. The van der Waals surface area contributed by atoms with Gasteiger partial charge >= 0.3 is 0 Å². The van der Waals surface area contributed by atoms with Crippen LogP contribution in [0.15, 0.2) is 30.3 Å². The van der Waals surface area contributed by atoms with Gasteiger partial charge in [0.05, 0.1) is 0 Å². The van der Waals surface area contributed by atoms with Gasteiger partial charge in [-0.3, -0.25) is 4.79 Å². The van der Waals surface area contributed by atoms with Crippen molar-refractivity contribution in [2.45, 2.75) is 59.2 Å². The molecule has 0 aliphatic carbocycles. The summed E-state index contributed by atoms with van der Waals surface area (Å²) in [5.74, 6) is 0.233. The molecule has 0 bridgehead atoms. The van der Waals surface area contributed by atoms with Crippen LogP contribution >= 0.6 is 0 Å². The van der Waals surface area contributed by atoms with E-state index in [2.05, 4.69) is 45.1 Å². The van der Waals surface area contributed by atoms with Gasteiger partial charge in [-0.2, -0.15) is 0 Å². The van der Waals surface area contributed by atoms with Crippen LogP contribution < -0.4 is 5.32 Å². The Labute approximate surface area is 123 Å². The quantitative estimate of drug-likeness (QED) is 0.791. The molecule has 0 fully saturated rings. The number of nitrogens with zero attached hydrogens (tertiary/aromatic N) is 1. The second-order valence-corrected chi connectivity index (χ2v) is 5.43. The second-order valence-electron chi connectivity index (χ2n) is 5.43. The average Bonchev–Trinajstić information content (AvgIpc) is 2.45. The van der Waals surface area contributed by atoms with Gasteiger partial charge in [0.15, 0.2) is 0 Å². The van der Waals surface area contributed by atoms with Crippen LogP contribution in [0.4, 0.5) is 0 Å². The van der Waals surface area contributed by atoms with E-state index in [9.17, 15) is 4.79 Å². The molecule has 0 heterocycles. The van der Waals surface area contributed by atoms with Gasteiger partial charge in [-0.05, 0) is 32.4 Å². The van der Waals surface area contributed by atoms with E-state index in [0.717, 1.165) is 13.0 Å². The van der Waals surface area contributed by atoms with Gasteiger partial charge in [-0.15, -0.1) is 0 Å². The minimum atomic E-state index is 0.231. The Balaban J connectivity index is 2.71. The zero-order valence-corrected chi connectivity index (χ0v) is 13.2. The van der Waals surface area contributed by atoms with E-state index >= 15 is 0 Å². The maximum Gasteiger partial charge on any atom is 0.224 e. The number of benzene rings is 1. The van der Waals surface area contributed by atoms with E-state index < -0.39 is 0 Å². The lowest BCUT2D eigenvalue weighted by atomic mass is 10.1. The van der Waals surface area contributed by atoms with E-state index in [1.54, 1.807) is 0 Å². The van der Waals surface area contributed by atoms with Crippen LogP contribution in [-0.4, -0.2) is 29.4 Å². The van der Waals surface area contributed by atoms with Crippen LogP contribution in [0.1, 0.15) is 46.1 Å². The molecule has 112 valence electrons. The molecule has 20 heavy (non-hydrogen) atoms. The predicted molar refractivity (Wildman–Crippen MR) is 84.5 cm³/mol. The first-order valence-electron chi connectivity index (χ1n) is 7.65. The molecule has 0 radical (unpaired) electrons. The van der Waals surface area contributed by atoms with E-state index in [1.807, 2.05) is 23.1 Å². The zero-order valence-electron chi connectivity index (χ0n) is 13.2. The molecule has 0 aliphatic rings. The first-order valence-corrected chi connectivity index (χ1v) is 7.65. The van der Waals surface area contributed by atoms with E-state index in [0.29, 0.717) is 13.0 Å². The highest BCUT2D eigenvalue weighted by molar-refractivity contribution is 5.77. The Morgan fingerprint density at radius 2 is 1.85 bits per heavy atom. The summed E-state index contributed by atoms with van der Waals surface area (Å²) in [6.45, 7) is 9.99. The van der Waals surface area contributed by atoms with Gasteiger partial charge in [-0.1, -0.05) is 44.2 Å². The molecule has 0 aromatic heterocycles. The Kier molecular flexibility index (Phi) is 7.31. The number of carbonyl (C=O) groups is 1. The molecule has 3 heteroatoms. The largest absolute Gasteiger partial charge is 0.336 e. The molecule has 0 aliphatic heterocycles. The fourth-order valence-electron chi connectivity index (χ4n) is 2.29. The Hall–Kier alpha value is -1.35. The topological polar surface area (TPSA) is 32.3 Å². The van der Waals surface area contributed by atoms with Crippen molar-refractivity contribution < 1.29 is 4.79 Å². The first-order chi connectivity index (χ1) is 9.58. The van der Waals surface area contributed by atoms with Crippen molar-refractivity contribution >= 4 is 5.91 Å². The molecule has 0 saturated carbocycles. The molecular formula is C17H28N2O. The maximum absolute atomic E-state index is 12.5. The van der Waals surface area contributed by atoms with Crippen molar-refractivity contribution in [1.82, 2.24) is 10.2 Å². The Bertz CT molecular complexity index is 391. The molecular weight excluding hydrogens is 248 g/mol. The van der Waals surface area contributed by atoms with Gasteiger partial charge < -0.3 is 10.2 Å². The highest BCUT2D eigenvalue weighted by atomic mass is 16.2. The summed E-state index contributed by atoms with van der Waals surface area (Å²) < 4.78 is 0. The number of rotatable bonds is 8. The summed E-state index contributed by atoms with van der Waals surface area (Å²) in [6.07, 6.45) is 1.54. The van der Waals surface area contributed by atoms with Crippen LogP contribution in [0.5, 0.6) is 0 Å². The van der Waals surface area contributed by atoms with Gasteiger partial charge in [-0.25, -0.2) is 0 Å². The lowest BCUT2D eigenvalue weighted by molar-refractivity contribution is -0.134. The summed E-state index contributed by atoms with van der Waals surface area (Å²) in [5.41, 5.74) is 1.19. The number of hydrogen-bond acceptors (Lipinski definition) is 2. The van der Waals surface area contributed by atoms with E-state index in [4.69, 9.17) is 0 Å². The molecule has 1 aromatic carbocycles. The molecule has 0 spiro atoms.